The van der Waals surface area contributed by atoms with E-state index in [2.05, 4.69) is 31.6 Å². The van der Waals surface area contributed by atoms with Gasteiger partial charge in [-0.15, -0.1) is 0 Å². The highest BCUT2D eigenvalue weighted by atomic mass is 32.1. The average Bonchev–Trinajstić information content (AvgIpc) is 2.67. The third-order valence-corrected chi connectivity index (χ3v) is 3.56. The van der Waals surface area contributed by atoms with Crippen molar-refractivity contribution < 1.29 is 0 Å². The van der Waals surface area contributed by atoms with Gasteiger partial charge < -0.3 is 0 Å². The topological polar surface area (TPSA) is 17.8 Å². The summed E-state index contributed by atoms with van der Waals surface area (Å²) in [7, 11) is 0. The molecule has 1 heterocycles. The van der Waals surface area contributed by atoms with E-state index in [1.165, 1.54) is 0 Å². The minimum Gasteiger partial charge on any atom is -0.272 e. The first-order valence-electron chi connectivity index (χ1n) is 4.84. The van der Waals surface area contributed by atoms with Crippen LogP contribution in [0.15, 0.2) is 18.5 Å². The van der Waals surface area contributed by atoms with Gasteiger partial charge in [0, 0.05) is 18.9 Å². The molecule has 0 N–H and O–H groups in total. The Morgan fingerprint density at radius 2 is 2.08 bits per heavy atom. The average molecular weight is 198 g/mol. The summed E-state index contributed by atoms with van der Waals surface area (Å²) >= 11 is 4.43. The fraction of sp³-hybridized carbons (Fsp3) is 0.700. The van der Waals surface area contributed by atoms with Gasteiger partial charge in [-0.25, -0.2) is 0 Å². The van der Waals surface area contributed by atoms with E-state index < -0.39 is 0 Å². The summed E-state index contributed by atoms with van der Waals surface area (Å²) in [6.07, 6.45) is 6.16. The summed E-state index contributed by atoms with van der Waals surface area (Å²) < 4.78 is 2.00. The molecule has 0 spiro atoms. The Labute approximate surface area is 85.7 Å². The molecule has 0 fully saturated rings. The standard InChI is InChI=1S/C10H18N2S/c1-3-10(4-2,9-13)8-12-7-5-6-11-12/h5-7,13H,3-4,8-9H2,1-2H3. The number of rotatable bonds is 5. The van der Waals surface area contributed by atoms with Gasteiger partial charge in [0.1, 0.15) is 0 Å². The van der Waals surface area contributed by atoms with E-state index in [9.17, 15) is 0 Å². The quantitative estimate of drug-likeness (QED) is 0.720. The Kier molecular flexibility index (Phi) is 3.85. The van der Waals surface area contributed by atoms with Gasteiger partial charge in [-0.3, -0.25) is 4.68 Å². The lowest BCUT2D eigenvalue weighted by molar-refractivity contribution is 0.246. The SMILES string of the molecule is CCC(CC)(CS)Cn1cccn1. The van der Waals surface area contributed by atoms with Gasteiger partial charge >= 0.3 is 0 Å². The molecular weight excluding hydrogens is 180 g/mol. The first-order valence-corrected chi connectivity index (χ1v) is 5.48. The number of aromatic nitrogens is 2. The van der Waals surface area contributed by atoms with Crippen LogP contribution in [-0.2, 0) is 6.54 Å². The zero-order valence-electron chi connectivity index (χ0n) is 8.40. The van der Waals surface area contributed by atoms with Crippen LogP contribution < -0.4 is 0 Å². The van der Waals surface area contributed by atoms with Gasteiger partial charge in [-0.05, 0) is 30.1 Å². The molecule has 0 saturated heterocycles. The summed E-state index contributed by atoms with van der Waals surface area (Å²) in [5.74, 6) is 0.930. The molecule has 0 saturated carbocycles. The van der Waals surface area contributed by atoms with Gasteiger partial charge in [0.15, 0.2) is 0 Å². The molecule has 0 aromatic carbocycles. The molecular formula is C10H18N2S. The lowest BCUT2D eigenvalue weighted by Gasteiger charge is -2.29. The van der Waals surface area contributed by atoms with Crippen LogP contribution in [0.1, 0.15) is 26.7 Å². The smallest absolute Gasteiger partial charge is 0.0489 e. The lowest BCUT2D eigenvalue weighted by atomic mass is 9.84. The van der Waals surface area contributed by atoms with Gasteiger partial charge in [0.25, 0.3) is 0 Å². The third kappa shape index (κ3) is 2.50. The van der Waals surface area contributed by atoms with E-state index in [-0.39, 0.29) is 0 Å². The normalized spacial score (nSPS) is 11.9. The van der Waals surface area contributed by atoms with E-state index in [1.54, 1.807) is 0 Å². The minimum absolute atomic E-state index is 0.315. The molecule has 1 aromatic heterocycles. The maximum absolute atomic E-state index is 4.43. The molecule has 0 atom stereocenters. The van der Waals surface area contributed by atoms with Crippen LogP contribution in [0.5, 0.6) is 0 Å². The van der Waals surface area contributed by atoms with Crippen molar-refractivity contribution in [3.05, 3.63) is 18.5 Å². The summed E-state index contributed by atoms with van der Waals surface area (Å²) in [5, 5.41) is 4.23. The fourth-order valence-corrected chi connectivity index (χ4v) is 2.03. The van der Waals surface area contributed by atoms with E-state index in [0.29, 0.717) is 5.41 Å². The zero-order valence-corrected chi connectivity index (χ0v) is 9.30. The maximum atomic E-state index is 4.43. The Morgan fingerprint density at radius 3 is 2.46 bits per heavy atom. The van der Waals surface area contributed by atoms with Crippen molar-refractivity contribution in [1.29, 1.82) is 0 Å². The van der Waals surface area contributed by atoms with Crippen LogP contribution in [0.2, 0.25) is 0 Å². The third-order valence-electron chi connectivity index (χ3n) is 2.89. The highest BCUT2D eigenvalue weighted by molar-refractivity contribution is 7.80. The summed E-state index contributed by atoms with van der Waals surface area (Å²) in [4.78, 5) is 0. The monoisotopic (exact) mass is 198 g/mol. The van der Waals surface area contributed by atoms with Crippen molar-refractivity contribution in [1.82, 2.24) is 9.78 Å². The molecule has 13 heavy (non-hydrogen) atoms. The van der Waals surface area contributed by atoms with Crippen molar-refractivity contribution in [2.45, 2.75) is 33.2 Å². The van der Waals surface area contributed by atoms with Crippen molar-refractivity contribution in [2.24, 2.45) is 5.41 Å². The largest absolute Gasteiger partial charge is 0.272 e. The van der Waals surface area contributed by atoms with Crippen molar-refractivity contribution in [2.75, 3.05) is 5.75 Å². The molecule has 2 nitrogen and oxygen atoms in total. The van der Waals surface area contributed by atoms with E-state index in [1.807, 2.05) is 23.1 Å². The second-order valence-electron chi connectivity index (χ2n) is 3.57. The molecule has 0 radical (unpaired) electrons. The molecule has 0 bridgehead atoms. The Morgan fingerprint density at radius 1 is 1.38 bits per heavy atom. The molecule has 0 aliphatic carbocycles. The van der Waals surface area contributed by atoms with Crippen LogP contribution in [0.3, 0.4) is 0 Å². The van der Waals surface area contributed by atoms with Crippen molar-refractivity contribution >= 4 is 12.6 Å². The van der Waals surface area contributed by atoms with Crippen LogP contribution in [0, 0.1) is 5.41 Å². The van der Waals surface area contributed by atoms with E-state index in [0.717, 1.165) is 25.1 Å². The molecule has 74 valence electrons. The molecule has 0 aliphatic heterocycles. The molecule has 3 heteroatoms. The van der Waals surface area contributed by atoms with Crippen LogP contribution in [0.4, 0.5) is 0 Å². The number of nitrogens with zero attached hydrogens (tertiary/aromatic N) is 2. The lowest BCUT2D eigenvalue weighted by Crippen LogP contribution is -2.27. The molecule has 1 rings (SSSR count). The maximum Gasteiger partial charge on any atom is 0.0489 e. The van der Waals surface area contributed by atoms with Crippen molar-refractivity contribution in [3.63, 3.8) is 0 Å². The highest BCUT2D eigenvalue weighted by Gasteiger charge is 2.24. The van der Waals surface area contributed by atoms with Gasteiger partial charge in [-0.2, -0.15) is 17.7 Å². The Hall–Kier alpha value is -0.440. The van der Waals surface area contributed by atoms with Crippen LogP contribution >= 0.6 is 12.6 Å². The minimum atomic E-state index is 0.315. The van der Waals surface area contributed by atoms with E-state index in [4.69, 9.17) is 0 Å². The number of thiol groups is 1. The Bertz CT molecular complexity index is 219. The molecule has 1 aromatic rings. The molecule has 0 aliphatic rings. The van der Waals surface area contributed by atoms with Gasteiger partial charge in [0.05, 0.1) is 0 Å². The van der Waals surface area contributed by atoms with Crippen LogP contribution in [0.25, 0.3) is 0 Å². The van der Waals surface area contributed by atoms with Crippen LogP contribution in [-0.4, -0.2) is 15.5 Å². The fourth-order valence-electron chi connectivity index (χ4n) is 1.48. The predicted molar refractivity (Wildman–Crippen MR) is 59.1 cm³/mol. The Balaban J connectivity index is 2.67. The second kappa shape index (κ2) is 4.70. The molecule has 0 unspecified atom stereocenters. The first kappa shape index (κ1) is 10.6. The summed E-state index contributed by atoms with van der Waals surface area (Å²) in [6.45, 7) is 5.43. The molecule has 0 amide bonds. The highest BCUT2D eigenvalue weighted by Crippen LogP contribution is 2.29. The van der Waals surface area contributed by atoms with Crippen molar-refractivity contribution in [3.8, 4) is 0 Å². The predicted octanol–water partition coefficient (Wildman–Crippen LogP) is 2.62. The first-order chi connectivity index (χ1) is 6.26. The van der Waals surface area contributed by atoms with Gasteiger partial charge in [-0.1, -0.05) is 13.8 Å². The zero-order chi connectivity index (χ0) is 9.73. The second-order valence-corrected chi connectivity index (χ2v) is 3.89. The summed E-state index contributed by atoms with van der Waals surface area (Å²) in [6, 6.07) is 1.97. The van der Waals surface area contributed by atoms with Gasteiger partial charge in [0.2, 0.25) is 0 Å². The van der Waals surface area contributed by atoms with E-state index >= 15 is 0 Å². The summed E-state index contributed by atoms with van der Waals surface area (Å²) in [5.41, 5.74) is 0.315. The number of hydrogen-bond donors (Lipinski definition) is 1. The number of hydrogen-bond acceptors (Lipinski definition) is 2.